The molecule has 0 radical (unpaired) electrons. The van der Waals surface area contributed by atoms with Crippen molar-refractivity contribution in [2.75, 3.05) is 23.7 Å². The van der Waals surface area contributed by atoms with Crippen molar-refractivity contribution in [1.29, 1.82) is 0 Å². The van der Waals surface area contributed by atoms with Crippen LogP contribution in [0.4, 0.5) is 5.69 Å². The highest BCUT2D eigenvalue weighted by atomic mass is 35.5. The van der Waals surface area contributed by atoms with Gasteiger partial charge in [0.1, 0.15) is 6.04 Å². The highest BCUT2D eigenvalue weighted by Crippen LogP contribution is 2.27. The van der Waals surface area contributed by atoms with E-state index in [9.17, 15) is 18.0 Å². The van der Waals surface area contributed by atoms with Gasteiger partial charge in [0.15, 0.2) is 0 Å². The van der Waals surface area contributed by atoms with Gasteiger partial charge < -0.3 is 10.2 Å². The Bertz CT molecular complexity index is 1090. The molecule has 35 heavy (non-hydrogen) atoms. The molecule has 0 spiro atoms. The summed E-state index contributed by atoms with van der Waals surface area (Å²) >= 11 is 6.10. The standard InChI is InChI=1S/C26H36ClN3O4S/c1-5-6-16-28-26(32)21(3)29(19-22-11-8-7-9-12-22)25(31)13-10-17-30(35(4,33)34)24-18-23(27)15-14-20(24)2/h7-9,11-12,14-15,18,21H,5-6,10,13,16-17,19H2,1-4H3,(H,28,32)/t21-/m1/s1. The van der Waals surface area contributed by atoms with Crippen LogP contribution in [0.25, 0.3) is 0 Å². The lowest BCUT2D eigenvalue weighted by Gasteiger charge is -2.29. The molecule has 0 aliphatic rings. The molecular weight excluding hydrogens is 486 g/mol. The number of aryl methyl sites for hydroxylation is 1. The molecule has 2 amide bonds. The molecule has 2 rings (SSSR count). The average molecular weight is 522 g/mol. The number of benzene rings is 2. The fraction of sp³-hybridized carbons (Fsp3) is 0.462. The Morgan fingerprint density at radius 2 is 1.77 bits per heavy atom. The van der Waals surface area contributed by atoms with Gasteiger partial charge in [0.05, 0.1) is 11.9 Å². The molecule has 192 valence electrons. The molecular formula is C26H36ClN3O4S. The van der Waals surface area contributed by atoms with Gasteiger partial charge in [-0.2, -0.15) is 0 Å². The van der Waals surface area contributed by atoms with Crippen LogP contribution in [-0.4, -0.2) is 50.5 Å². The number of hydrogen-bond donors (Lipinski definition) is 1. The van der Waals surface area contributed by atoms with Crippen LogP contribution in [0.3, 0.4) is 0 Å². The molecule has 0 aromatic heterocycles. The Morgan fingerprint density at radius 3 is 2.40 bits per heavy atom. The van der Waals surface area contributed by atoms with E-state index in [1.165, 1.54) is 4.31 Å². The molecule has 0 saturated heterocycles. The summed E-state index contributed by atoms with van der Waals surface area (Å²) in [5.41, 5.74) is 2.19. The zero-order chi connectivity index (χ0) is 26.0. The maximum atomic E-state index is 13.3. The quantitative estimate of drug-likeness (QED) is 0.392. The molecule has 2 aromatic carbocycles. The summed E-state index contributed by atoms with van der Waals surface area (Å²) in [6, 6.07) is 13.9. The van der Waals surface area contributed by atoms with Crippen LogP contribution < -0.4 is 9.62 Å². The second-order valence-corrected chi connectivity index (χ2v) is 11.0. The number of anilines is 1. The van der Waals surface area contributed by atoms with Crippen molar-refractivity contribution < 1.29 is 18.0 Å². The molecule has 1 N–H and O–H groups in total. The first-order chi connectivity index (χ1) is 16.5. The minimum absolute atomic E-state index is 0.102. The summed E-state index contributed by atoms with van der Waals surface area (Å²) in [4.78, 5) is 27.5. The predicted molar refractivity (Wildman–Crippen MR) is 142 cm³/mol. The summed E-state index contributed by atoms with van der Waals surface area (Å²) in [5.74, 6) is -0.404. The predicted octanol–water partition coefficient (Wildman–Crippen LogP) is 4.53. The van der Waals surface area contributed by atoms with Gasteiger partial charge in [-0.05, 0) is 49.9 Å². The molecule has 0 aliphatic carbocycles. The molecule has 9 heteroatoms. The van der Waals surface area contributed by atoms with E-state index < -0.39 is 16.1 Å². The SMILES string of the molecule is CCCCNC(=O)[C@@H](C)N(Cc1ccccc1)C(=O)CCCN(c1cc(Cl)ccc1C)S(C)(=O)=O. The van der Waals surface area contributed by atoms with Crippen molar-refractivity contribution in [3.05, 3.63) is 64.7 Å². The minimum Gasteiger partial charge on any atom is -0.354 e. The molecule has 7 nitrogen and oxygen atoms in total. The van der Waals surface area contributed by atoms with Crippen LogP contribution in [0.5, 0.6) is 0 Å². The van der Waals surface area contributed by atoms with E-state index in [2.05, 4.69) is 5.32 Å². The normalized spacial score (nSPS) is 12.1. The monoisotopic (exact) mass is 521 g/mol. The van der Waals surface area contributed by atoms with Crippen LogP contribution in [0.15, 0.2) is 48.5 Å². The largest absolute Gasteiger partial charge is 0.354 e. The van der Waals surface area contributed by atoms with Gasteiger partial charge in [-0.25, -0.2) is 8.42 Å². The van der Waals surface area contributed by atoms with E-state index in [0.717, 1.165) is 30.2 Å². The topological polar surface area (TPSA) is 86.8 Å². The fourth-order valence-corrected chi connectivity index (χ4v) is 4.91. The second-order valence-electron chi connectivity index (χ2n) is 8.70. The van der Waals surface area contributed by atoms with Crippen molar-refractivity contribution in [1.82, 2.24) is 10.2 Å². The second kappa shape index (κ2) is 13.5. The van der Waals surface area contributed by atoms with Crippen molar-refractivity contribution in [2.45, 2.75) is 59.0 Å². The van der Waals surface area contributed by atoms with Crippen molar-refractivity contribution in [3.8, 4) is 0 Å². The number of unbranched alkanes of at least 4 members (excludes halogenated alkanes) is 1. The van der Waals surface area contributed by atoms with Crippen LogP contribution in [0, 0.1) is 6.92 Å². The van der Waals surface area contributed by atoms with Crippen molar-refractivity contribution in [2.24, 2.45) is 0 Å². The van der Waals surface area contributed by atoms with E-state index in [1.807, 2.05) is 44.2 Å². The first kappa shape index (κ1) is 28.7. The Balaban J connectivity index is 2.15. The number of sulfonamides is 1. The third kappa shape index (κ3) is 8.85. The number of amides is 2. The van der Waals surface area contributed by atoms with E-state index in [1.54, 1.807) is 30.0 Å². The van der Waals surface area contributed by atoms with Crippen LogP contribution in [0.1, 0.15) is 50.7 Å². The lowest BCUT2D eigenvalue weighted by Crippen LogP contribution is -2.48. The van der Waals surface area contributed by atoms with E-state index in [4.69, 9.17) is 11.6 Å². The average Bonchev–Trinajstić information content (AvgIpc) is 2.81. The number of hydrogen-bond acceptors (Lipinski definition) is 4. The Kier molecular flexibility index (Phi) is 11.0. The van der Waals surface area contributed by atoms with E-state index >= 15 is 0 Å². The summed E-state index contributed by atoms with van der Waals surface area (Å²) in [6.45, 7) is 6.57. The molecule has 0 saturated carbocycles. The first-order valence-corrected chi connectivity index (χ1v) is 14.1. The van der Waals surface area contributed by atoms with Gasteiger partial charge in [-0.15, -0.1) is 0 Å². The number of carbonyl (C=O) groups excluding carboxylic acids is 2. The summed E-state index contributed by atoms with van der Waals surface area (Å²) in [5, 5.41) is 3.34. The van der Waals surface area contributed by atoms with Gasteiger partial charge >= 0.3 is 0 Å². The van der Waals surface area contributed by atoms with Crippen molar-refractivity contribution in [3.63, 3.8) is 0 Å². The Morgan fingerprint density at radius 1 is 1.09 bits per heavy atom. The third-order valence-corrected chi connectivity index (χ3v) is 7.20. The highest BCUT2D eigenvalue weighted by molar-refractivity contribution is 7.92. The summed E-state index contributed by atoms with van der Waals surface area (Å²) < 4.78 is 26.3. The summed E-state index contributed by atoms with van der Waals surface area (Å²) in [6.07, 6.45) is 3.37. The van der Waals surface area contributed by atoms with Gasteiger partial charge in [-0.1, -0.05) is 61.3 Å². The molecule has 0 heterocycles. The fourth-order valence-electron chi connectivity index (χ4n) is 3.73. The van der Waals surface area contributed by atoms with E-state index in [-0.39, 0.29) is 24.8 Å². The Labute approximate surface area is 214 Å². The number of nitrogens with one attached hydrogen (secondary N) is 1. The zero-order valence-corrected chi connectivity index (χ0v) is 22.5. The van der Waals surface area contributed by atoms with Crippen LogP contribution in [0.2, 0.25) is 5.02 Å². The van der Waals surface area contributed by atoms with Crippen LogP contribution in [-0.2, 0) is 26.2 Å². The number of nitrogens with zero attached hydrogens (tertiary/aromatic N) is 2. The maximum absolute atomic E-state index is 13.3. The number of carbonyl (C=O) groups is 2. The molecule has 0 unspecified atom stereocenters. The third-order valence-electron chi connectivity index (χ3n) is 5.78. The molecule has 0 fully saturated rings. The Hall–Kier alpha value is -2.58. The van der Waals surface area contributed by atoms with Crippen LogP contribution >= 0.6 is 11.6 Å². The lowest BCUT2D eigenvalue weighted by atomic mass is 10.1. The molecule has 2 aromatic rings. The van der Waals surface area contributed by atoms with Gasteiger partial charge in [0.2, 0.25) is 21.8 Å². The summed E-state index contributed by atoms with van der Waals surface area (Å²) in [7, 11) is -3.58. The highest BCUT2D eigenvalue weighted by Gasteiger charge is 2.26. The van der Waals surface area contributed by atoms with Gasteiger partial charge in [0.25, 0.3) is 0 Å². The first-order valence-electron chi connectivity index (χ1n) is 11.9. The minimum atomic E-state index is -3.58. The van der Waals surface area contributed by atoms with Gasteiger partial charge in [0, 0.05) is 31.1 Å². The lowest BCUT2D eigenvalue weighted by molar-refractivity contribution is -0.140. The van der Waals surface area contributed by atoms with Crippen molar-refractivity contribution >= 4 is 39.1 Å². The number of halogens is 1. The molecule has 1 atom stereocenters. The zero-order valence-electron chi connectivity index (χ0n) is 21.0. The molecule has 0 bridgehead atoms. The van der Waals surface area contributed by atoms with Gasteiger partial charge in [-0.3, -0.25) is 13.9 Å². The maximum Gasteiger partial charge on any atom is 0.242 e. The molecule has 0 aliphatic heterocycles. The van der Waals surface area contributed by atoms with E-state index in [0.29, 0.717) is 30.2 Å². The smallest absolute Gasteiger partial charge is 0.242 e. The number of rotatable bonds is 13.